The Labute approximate surface area is 182 Å². The number of rotatable bonds is 9. The van der Waals surface area contributed by atoms with Gasteiger partial charge in [-0.25, -0.2) is 4.79 Å². The van der Waals surface area contributed by atoms with Gasteiger partial charge in [-0.05, 0) is 30.4 Å². The molecule has 0 radical (unpaired) electrons. The number of ether oxygens (including phenoxy) is 1. The Morgan fingerprint density at radius 1 is 1.06 bits per heavy atom. The maximum absolute atomic E-state index is 12.7. The van der Waals surface area contributed by atoms with Crippen molar-refractivity contribution in [3.05, 3.63) is 83.5 Å². The Morgan fingerprint density at radius 2 is 1.81 bits per heavy atom. The van der Waals surface area contributed by atoms with Gasteiger partial charge in [0.2, 0.25) is 5.89 Å². The van der Waals surface area contributed by atoms with Crippen LogP contribution in [0.5, 0.6) is 0 Å². The van der Waals surface area contributed by atoms with Crippen LogP contribution in [0.3, 0.4) is 0 Å². The van der Waals surface area contributed by atoms with Crippen molar-refractivity contribution in [2.45, 2.75) is 38.3 Å². The van der Waals surface area contributed by atoms with Crippen LogP contribution in [0.25, 0.3) is 0 Å². The highest BCUT2D eigenvalue weighted by atomic mass is 16.5. The summed E-state index contributed by atoms with van der Waals surface area (Å²) >= 11 is 0. The molecule has 1 aliphatic heterocycles. The van der Waals surface area contributed by atoms with Gasteiger partial charge in [0.05, 0.1) is 13.2 Å². The van der Waals surface area contributed by atoms with Gasteiger partial charge in [0.25, 0.3) is 0 Å². The lowest BCUT2D eigenvalue weighted by Crippen LogP contribution is -2.40. The molecule has 3 aromatic rings. The highest BCUT2D eigenvalue weighted by Crippen LogP contribution is 2.30. The van der Waals surface area contributed by atoms with E-state index >= 15 is 0 Å². The Morgan fingerprint density at radius 3 is 2.58 bits per heavy atom. The molecule has 1 fully saturated rings. The first-order chi connectivity index (χ1) is 15.3. The lowest BCUT2D eigenvalue weighted by molar-refractivity contribution is 0.122. The van der Waals surface area contributed by atoms with E-state index in [1.165, 1.54) is 5.56 Å². The number of carbonyl (C=O) groups is 1. The summed E-state index contributed by atoms with van der Waals surface area (Å²) in [7, 11) is 0. The molecule has 1 N–H and O–H groups in total. The number of nitrogens with one attached hydrogen (secondary N) is 1. The van der Waals surface area contributed by atoms with Crippen molar-refractivity contribution in [2.75, 3.05) is 19.7 Å². The SMILES string of the molecule is O=C(NCCc1ccccc1)N1CCCC1c1nc(CCOCc2ccccc2)no1. The van der Waals surface area contributed by atoms with Gasteiger partial charge in [-0.3, -0.25) is 0 Å². The first-order valence-electron chi connectivity index (χ1n) is 10.8. The van der Waals surface area contributed by atoms with E-state index in [2.05, 4.69) is 27.6 Å². The molecule has 2 heterocycles. The van der Waals surface area contributed by atoms with Crippen LogP contribution in [0.4, 0.5) is 4.79 Å². The molecule has 0 spiro atoms. The summed E-state index contributed by atoms with van der Waals surface area (Å²) in [4.78, 5) is 19.0. The maximum atomic E-state index is 12.7. The fraction of sp³-hybridized carbons (Fsp3) is 0.375. The lowest BCUT2D eigenvalue weighted by Gasteiger charge is -2.22. The predicted molar refractivity (Wildman–Crippen MR) is 116 cm³/mol. The molecule has 0 aliphatic carbocycles. The smallest absolute Gasteiger partial charge is 0.318 e. The molecule has 1 saturated heterocycles. The summed E-state index contributed by atoms with van der Waals surface area (Å²) in [5, 5.41) is 7.09. The van der Waals surface area contributed by atoms with E-state index in [-0.39, 0.29) is 12.1 Å². The van der Waals surface area contributed by atoms with Crippen molar-refractivity contribution in [3.8, 4) is 0 Å². The first-order valence-corrected chi connectivity index (χ1v) is 10.8. The quantitative estimate of drug-likeness (QED) is 0.531. The Hall–Kier alpha value is -3.19. The monoisotopic (exact) mass is 420 g/mol. The largest absolute Gasteiger partial charge is 0.376 e. The summed E-state index contributed by atoms with van der Waals surface area (Å²) in [5.41, 5.74) is 2.34. The van der Waals surface area contributed by atoms with Crippen LogP contribution >= 0.6 is 0 Å². The Bertz CT molecular complexity index is 946. The second-order valence-electron chi connectivity index (χ2n) is 7.66. The van der Waals surface area contributed by atoms with Crippen molar-refractivity contribution < 1.29 is 14.1 Å². The topological polar surface area (TPSA) is 80.5 Å². The van der Waals surface area contributed by atoms with Gasteiger partial charge < -0.3 is 19.5 Å². The average Bonchev–Trinajstić information content (AvgIpc) is 3.48. The van der Waals surface area contributed by atoms with Crippen LogP contribution in [0.15, 0.2) is 65.2 Å². The molecule has 1 atom stereocenters. The third kappa shape index (κ3) is 5.92. The van der Waals surface area contributed by atoms with Crippen molar-refractivity contribution >= 4 is 6.03 Å². The van der Waals surface area contributed by atoms with E-state index in [0.717, 1.165) is 24.8 Å². The van der Waals surface area contributed by atoms with E-state index in [0.29, 0.717) is 44.4 Å². The average molecular weight is 421 g/mol. The van der Waals surface area contributed by atoms with Crippen molar-refractivity contribution in [1.82, 2.24) is 20.4 Å². The summed E-state index contributed by atoms with van der Waals surface area (Å²) in [6.45, 7) is 2.37. The number of benzene rings is 2. The molecule has 4 rings (SSSR count). The minimum Gasteiger partial charge on any atom is -0.376 e. The number of nitrogens with zero attached hydrogens (tertiary/aromatic N) is 3. The highest BCUT2D eigenvalue weighted by Gasteiger charge is 2.33. The first kappa shape index (κ1) is 21.1. The van der Waals surface area contributed by atoms with E-state index in [1.54, 1.807) is 4.90 Å². The molecule has 7 heteroatoms. The fourth-order valence-corrected chi connectivity index (χ4v) is 3.76. The van der Waals surface area contributed by atoms with Gasteiger partial charge in [-0.2, -0.15) is 4.98 Å². The zero-order chi connectivity index (χ0) is 21.3. The third-order valence-electron chi connectivity index (χ3n) is 5.40. The maximum Gasteiger partial charge on any atom is 0.318 e. The zero-order valence-corrected chi connectivity index (χ0v) is 17.6. The molecule has 162 valence electrons. The van der Waals surface area contributed by atoms with Crippen LogP contribution in [-0.2, 0) is 24.2 Å². The number of carbonyl (C=O) groups excluding carboxylic acids is 1. The number of aromatic nitrogens is 2. The Kier molecular flexibility index (Phi) is 7.28. The number of hydrogen-bond acceptors (Lipinski definition) is 5. The number of likely N-dealkylation sites (tertiary alicyclic amines) is 1. The molecular weight excluding hydrogens is 392 g/mol. The molecule has 2 amide bonds. The summed E-state index contributed by atoms with van der Waals surface area (Å²) in [5.74, 6) is 1.12. The molecular formula is C24H28N4O3. The van der Waals surface area contributed by atoms with Crippen LogP contribution in [0.2, 0.25) is 0 Å². The van der Waals surface area contributed by atoms with Gasteiger partial charge in [-0.15, -0.1) is 0 Å². The fourth-order valence-electron chi connectivity index (χ4n) is 3.76. The minimum absolute atomic E-state index is 0.0793. The van der Waals surface area contributed by atoms with Crippen molar-refractivity contribution in [2.24, 2.45) is 0 Å². The Balaban J connectivity index is 1.23. The number of urea groups is 1. The summed E-state index contributed by atoms with van der Waals surface area (Å²) in [6, 6.07) is 19.9. The van der Waals surface area contributed by atoms with Crippen LogP contribution < -0.4 is 5.32 Å². The second-order valence-corrected chi connectivity index (χ2v) is 7.66. The molecule has 31 heavy (non-hydrogen) atoms. The van der Waals surface area contributed by atoms with Crippen LogP contribution in [0, 0.1) is 0 Å². The van der Waals surface area contributed by atoms with E-state index in [4.69, 9.17) is 9.26 Å². The molecule has 1 unspecified atom stereocenters. The van der Waals surface area contributed by atoms with Gasteiger partial charge in [-0.1, -0.05) is 65.8 Å². The second kappa shape index (κ2) is 10.7. The van der Waals surface area contributed by atoms with E-state index in [9.17, 15) is 4.79 Å². The van der Waals surface area contributed by atoms with Crippen molar-refractivity contribution in [1.29, 1.82) is 0 Å². The van der Waals surface area contributed by atoms with Crippen LogP contribution in [0.1, 0.15) is 41.7 Å². The van der Waals surface area contributed by atoms with Gasteiger partial charge in [0.1, 0.15) is 6.04 Å². The van der Waals surface area contributed by atoms with E-state index < -0.39 is 0 Å². The third-order valence-corrected chi connectivity index (χ3v) is 5.40. The van der Waals surface area contributed by atoms with Crippen LogP contribution in [-0.4, -0.2) is 40.8 Å². The van der Waals surface area contributed by atoms with Gasteiger partial charge in [0.15, 0.2) is 5.82 Å². The highest BCUT2D eigenvalue weighted by molar-refractivity contribution is 5.74. The standard InChI is InChI=1S/C24H28N4O3/c29-24(25-15-13-19-8-3-1-4-9-19)28-16-7-12-21(28)23-26-22(27-31-23)14-17-30-18-20-10-5-2-6-11-20/h1-6,8-11,21H,7,12-18H2,(H,25,29). The number of amides is 2. The molecule has 7 nitrogen and oxygen atoms in total. The molecule has 1 aromatic heterocycles. The van der Waals surface area contributed by atoms with Gasteiger partial charge >= 0.3 is 6.03 Å². The minimum atomic E-state index is -0.164. The van der Waals surface area contributed by atoms with E-state index in [1.807, 2.05) is 48.5 Å². The van der Waals surface area contributed by atoms with Crippen molar-refractivity contribution in [3.63, 3.8) is 0 Å². The molecule has 0 bridgehead atoms. The summed E-state index contributed by atoms with van der Waals surface area (Å²) in [6.07, 6.45) is 3.14. The normalized spacial score (nSPS) is 15.9. The lowest BCUT2D eigenvalue weighted by atomic mass is 10.1. The number of hydrogen-bond donors (Lipinski definition) is 1. The molecule has 2 aromatic carbocycles. The molecule has 1 aliphatic rings. The summed E-state index contributed by atoms with van der Waals surface area (Å²) < 4.78 is 11.2. The van der Waals surface area contributed by atoms with Gasteiger partial charge in [0, 0.05) is 19.5 Å². The zero-order valence-electron chi connectivity index (χ0n) is 17.6. The predicted octanol–water partition coefficient (Wildman–Crippen LogP) is 3.92. The molecule has 0 saturated carbocycles.